The first kappa shape index (κ1) is 19.3. The van der Waals surface area contributed by atoms with Gasteiger partial charge in [-0.05, 0) is 42.2 Å². The summed E-state index contributed by atoms with van der Waals surface area (Å²) < 4.78 is 0. The molecule has 3 fully saturated rings. The minimum Gasteiger partial charge on any atom is -0.480 e. The Morgan fingerprint density at radius 1 is 1.16 bits per heavy atom. The van der Waals surface area contributed by atoms with Crippen molar-refractivity contribution in [1.29, 1.82) is 0 Å². The van der Waals surface area contributed by atoms with Crippen LogP contribution in [0, 0.1) is 36.5 Å². The topological polar surface area (TPSA) is 108 Å². The maximum absolute atomic E-state index is 13.1. The summed E-state index contributed by atoms with van der Waals surface area (Å²) >= 11 is 2.88. The molecule has 6 rings (SSSR count). The number of imide groups is 1. The number of amides is 2. The molecule has 2 saturated carbocycles. The Hall–Kier alpha value is -2.39. The highest BCUT2D eigenvalue weighted by Crippen LogP contribution is 2.68. The van der Waals surface area contributed by atoms with Crippen LogP contribution in [0.1, 0.15) is 28.3 Å². The number of carboxylic acid groups (broad SMARTS) is 1. The quantitative estimate of drug-likeness (QED) is 0.687. The summed E-state index contributed by atoms with van der Waals surface area (Å²) in [4.78, 5) is 54.5. The van der Waals surface area contributed by atoms with E-state index in [0.717, 1.165) is 32.4 Å². The van der Waals surface area contributed by atoms with E-state index in [2.05, 4.69) is 24.0 Å². The standard InChI is InChI=1S/C22H20N2O5S2/c1-8-4-2-3-5-9(8)13-14-10-6-11(17(14)30-19-18(13)31-22(29)23-19)16-15(10)20(27)24(21(16)28)7-12(25)26/h2-5,10-11,13-17H,6-7H2,1H3,(H,23,29)(H,25,26)/t10-,11+,13-,14-,15+,16-,17-/m1/s1. The van der Waals surface area contributed by atoms with Crippen molar-refractivity contribution in [2.24, 2.45) is 29.6 Å². The van der Waals surface area contributed by atoms with Crippen LogP contribution in [0.25, 0.3) is 0 Å². The number of aliphatic carboxylic acids is 1. The lowest BCUT2D eigenvalue weighted by atomic mass is 9.67. The highest BCUT2D eigenvalue weighted by Gasteiger charge is 2.69. The zero-order valence-corrected chi connectivity index (χ0v) is 18.2. The molecule has 1 aromatic carbocycles. The molecule has 1 saturated heterocycles. The number of fused-ring (bicyclic) bond motifs is 9. The molecule has 0 spiro atoms. The van der Waals surface area contributed by atoms with Gasteiger partial charge in [0.15, 0.2) is 0 Å². The molecule has 2 amide bonds. The lowest BCUT2D eigenvalue weighted by molar-refractivity contribution is -0.149. The van der Waals surface area contributed by atoms with Crippen LogP contribution >= 0.6 is 23.1 Å². The molecule has 2 aliphatic heterocycles. The van der Waals surface area contributed by atoms with Crippen molar-refractivity contribution >= 4 is 40.9 Å². The van der Waals surface area contributed by atoms with Crippen molar-refractivity contribution in [1.82, 2.24) is 9.88 Å². The van der Waals surface area contributed by atoms with Crippen LogP contribution in [0.4, 0.5) is 0 Å². The van der Waals surface area contributed by atoms with Gasteiger partial charge in [0.2, 0.25) is 11.8 Å². The number of rotatable bonds is 3. The third-order valence-corrected chi connectivity index (χ3v) is 10.2. The molecule has 7 nitrogen and oxygen atoms in total. The second kappa shape index (κ2) is 6.56. The Balaban J connectivity index is 1.47. The Labute approximate surface area is 185 Å². The van der Waals surface area contributed by atoms with E-state index in [4.69, 9.17) is 0 Å². The summed E-state index contributed by atoms with van der Waals surface area (Å²) in [5, 5.41) is 10.2. The smallest absolute Gasteiger partial charge is 0.323 e. The van der Waals surface area contributed by atoms with Crippen LogP contribution in [0.2, 0.25) is 0 Å². The van der Waals surface area contributed by atoms with E-state index in [9.17, 15) is 24.3 Å². The molecule has 2 bridgehead atoms. The molecule has 160 valence electrons. The van der Waals surface area contributed by atoms with Crippen molar-refractivity contribution < 1.29 is 19.5 Å². The van der Waals surface area contributed by atoms with Gasteiger partial charge in [0, 0.05) is 16.0 Å². The van der Waals surface area contributed by atoms with Gasteiger partial charge in [-0.1, -0.05) is 35.6 Å². The first-order valence-electron chi connectivity index (χ1n) is 10.4. The van der Waals surface area contributed by atoms with E-state index in [1.165, 1.54) is 11.3 Å². The number of aromatic amines is 1. The number of nitrogens with zero attached hydrogens (tertiary/aromatic N) is 1. The number of carbonyl (C=O) groups excluding carboxylic acids is 2. The van der Waals surface area contributed by atoms with Gasteiger partial charge in [-0.3, -0.25) is 24.1 Å². The van der Waals surface area contributed by atoms with Gasteiger partial charge in [0.05, 0.1) is 16.9 Å². The number of carbonyl (C=O) groups is 3. The molecule has 2 aromatic rings. The van der Waals surface area contributed by atoms with E-state index < -0.39 is 24.3 Å². The zero-order chi connectivity index (χ0) is 21.6. The molecule has 0 unspecified atom stereocenters. The Morgan fingerprint density at radius 2 is 1.87 bits per heavy atom. The average Bonchev–Trinajstić information content (AvgIpc) is 3.44. The van der Waals surface area contributed by atoms with Crippen LogP contribution in [0.3, 0.4) is 0 Å². The number of hydrogen-bond donors (Lipinski definition) is 2. The zero-order valence-electron chi connectivity index (χ0n) is 16.6. The number of aromatic nitrogens is 1. The summed E-state index contributed by atoms with van der Waals surface area (Å²) in [6, 6.07) is 8.16. The number of benzene rings is 1. The fraction of sp³-hybridized carbons (Fsp3) is 0.455. The molecular weight excluding hydrogens is 436 g/mol. The number of thioether (sulfide) groups is 1. The van der Waals surface area contributed by atoms with Crippen LogP contribution in [-0.2, 0) is 14.4 Å². The molecule has 3 heterocycles. The maximum Gasteiger partial charge on any atom is 0.323 e. The van der Waals surface area contributed by atoms with Crippen molar-refractivity contribution in [2.75, 3.05) is 6.54 Å². The van der Waals surface area contributed by atoms with E-state index in [0.29, 0.717) is 0 Å². The van der Waals surface area contributed by atoms with E-state index in [1.54, 1.807) is 11.8 Å². The third kappa shape index (κ3) is 2.53. The van der Waals surface area contributed by atoms with Crippen LogP contribution in [-0.4, -0.2) is 44.6 Å². The number of H-pyrrole nitrogens is 1. The number of nitrogens with one attached hydrogen (secondary N) is 1. The summed E-state index contributed by atoms with van der Waals surface area (Å²) in [5.74, 6) is -2.54. The molecule has 2 aliphatic carbocycles. The predicted molar refractivity (Wildman–Crippen MR) is 114 cm³/mol. The Bertz CT molecular complexity index is 1200. The van der Waals surface area contributed by atoms with Crippen molar-refractivity contribution in [2.45, 2.75) is 29.5 Å². The highest BCUT2D eigenvalue weighted by molar-refractivity contribution is 8.00. The number of likely N-dealkylation sites (tertiary alicyclic amines) is 1. The van der Waals surface area contributed by atoms with Gasteiger partial charge < -0.3 is 10.1 Å². The van der Waals surface area contributed by atoms with Gasteiger partial charge in [-0.2, -0.15) is 0 Å². The van der Waals surface area contributed by atoms with Crippen molar-refractivity contribution in [3.63, 3.8) is 0 Å². The highest BCUT2D eigenvalue weighted by atomic mass is 32.2. The van der Waals surface area contributed by atoms with Crippen molar-refractivity contribution in [3.05, 3.63) is 49.9 Å². The van der Waals surface area contributed by atoms with Gasteiger partial charge in [-0.25, -0.2) is 0 Å². The van der Waals surface area contributed by atoms with E-state index in [-0.39, 0.29) is 45.6 Å². The number of hydrogen-bond acceptors (Lipinski definition) is 6. The SMILES string of the molecule is Cc1ccccc1[C@H]1c2sc(=O)[nH]c2S[C@@H]2[C@H]3C[C@@H]([C@@H]4C(=O)N(CC(=O)O)C(=O)[C@H]34)[C@H]12. The molecule has 9 heteroatoms. The van der Waals surface area contributed by atoms with E-state index in [1.807, 2.05) is 12.1 Å². The van der Waals surface area contributed by atoms with Crippen LogP contribution in [0.5, 0.6) is 0 Å². The first-order chi connectivity index (χ1) is 14.9. The second-order valence-electron chi connectivity index (χ2n) is 8.97. The molecule has 31 heavy (non-hydrogen) atoms. The molecule has 2 N–H and O–H groups in total. The molecule has 4 aliphatic rings. The van der Waals surface area contributed by atoms with Gasteiger partial charge in [-0.15, -0.1) is 11.8 Å². The number of carboxylic acids is 1. The average molecular weight is 457 g/mol. The molecule has 7 atom stereocenters. The first-order valence-corrected chi connectivity index (χ1v) is 12.1. The maximum atomic E-state index is 13.1. The van der Waals surface area contributed by atoms with Gasteiger partial charge in [0.25, 0.3) is 0 Å². The molecule has 1 aromatic heterocycles. The summed E-state index contributed by atoms with van der Waals surface area (Å²) in [7, 11) is 0. The minimum atomic E-state index is -1.17. The summed E-state index contributed by atoms with van der Waals surface area (Å²) in [5.41, 5.74) is 2.31. The normalized spacial score (nSPS) is 35.3. The largest absolute Gasteiger partial charge is 0.480 e. The lowest BCUT2D eigenvalue weighted by Crippen LogP contribution is -2.42. The monoisotopic (exact) mass is 456 g/mol. The Kier molecular flexibility index (Phi) is 4.08. The molecule has 0 radical (unpaired) electrons. The second-order valence-corrected chi connectivity index (χ2v) is 11.2. The number of thiazole rings is 1. The predicted octanol–water partition coefficient (Wildman–Crippen LogP) is 2.30. The fourth-order valence-electron chi connectivity index (χ4n) is 6.65. The molecular formula is C22H20N2O5S2. The number of aryl methyl sites for hydroxylation is 1. The van der Waals surface area contributed by atoms with Crippen LogP contribution < -0.4 is 4.87 Å². The lowest BCUT2D eigenvalue weighted by Gasteiger charge is -2.43. The van der Waals surface area contributed by atoms with Crippen molar-refractivity contribution in [3.8, 4) is 0 Å². The van der Waals surface area contributed by atoms with Gasteiger partial charge in [0.1, 0.15) is 6.54 Å². The summed E-state index contributed by atoms with van der Waals surface area (Å²) in [6.07, 6.45) is 0.803. The third-order valence-electron chi connectivity index (χ3n) is 7.63. The Morgan fingerprint density at radius 3 is 2.58 bits per heavy atom. The minimum absolute atomic E-state index is 0.00113. The van der Waals surface area contributed by atoms with Gasteiger partial charge >= 0.3 is 10.8 Å². The van der Waals surface area contributed by atoms with Crippen LogP contribution in [0.15, 0.2) is 34.1 Å². The summed E-state index contributed by atoms with van der Waals surface area (Å²) in [6.45, 7) is 1.50. The van der Waals surface area contributed by atoms with E-state index >= 15 is 0 Å². The fourth-order valence-corrected chi connectivity index (χ4v) is 9.53.